The number of aliphatic hydroxyl groups excluding tert-OH is 1. The van der Waals surface area contributed by atoms with Crippen LogP contribution in [0, 0.1) is 11.3 Å². The quantitative estimate of drug-likeness (QED) is 0.837. The Labute approximate surface area is 128 Å². The lowest BCUT2D eigenvalue weighted by molar-refractivity contribution is -0.136. The molecular formula is C16H22BrNO2. The Bertz CT molecular complexity index is 435. The fraction of sp³-hybridized carbons (Fsp3) is 0.625. The van der Waals surface area contributed by atoms with Gasteiger partial charge in [0.1, 0.15) is 0 Å². The molecule has 1 aromatic carbocycles. The van der Waals surface area contributed by atoms with Gasteiger partial charge in [0.05, 0.1) is 25.2 Å². The van der Waals surface area contributed by atoms with Gasteiger partial charge in [0.15, 0.2) is 0 Å². The third-order valence-electron chi connectivity index (χ3n) is 4.70. The number of ether oxygens (including phenoxy) is 1. The molecular weight excluding hydrogens is 318 g/mol. The van der Waals surface area contributed by atoms with Crippen molar-refractivity contribution >= 4 is 15.9 Å². The molecule has 1 heterocycles. The zero-order chi connectivity index (χ0) is 14.0. The zero-order valence-electron chi connectivity index (χ0n) is 11.6. The summed E-state index contributed by atoms with van der Waals surface area (Å²) < 4.78 is 6.40. The predicted octanol–water partition coefficient (Wildman–Crippen LogP) is 2.89. The van der Waals surface area contributed by atoms with Crippen molar-refractivity contribution in [3.8, 4) is 0 Å². The molecule has 0 amide bonds. The summed E-state index contributed by atoms with van der Waals surface area (Å²) in [5.74, 6) is 0.730. The van der Waals surface area contributed by atoms with Crippen LogP contribution >= 0.6 is 15.9 Å². The molecule has 1 saturated heterocycles. The van der Waals surface area contributed by atoms with Crippen molar-refractivity contribution in [2.24, 2.45) is 11.3 Å². The molecule has 20 heavy (non-hydrogen) atoms. The Morgan fingerprint density at radius 1 is 1.30 bits per heavy atom. The third-order valence-corrected chi connectivity index (χ3v) is 5.23. The second kappa shape index (κ2) is 6.14. The predicted molar refractivity (Wildman–Crippen MR) is 82.6 cm³/mol. The fourth-order valence-corrected chi connectivity index (χ4v) is 3.23. The molecule has 1 atom stereocenters. The lowest BCUT2D eigenvalue weighted by Gasteiger charge is -2.43. The van der Waals surface area contributed by atoms with E-state index in [4.69, 9.17) is 4.74 Å². The standard InChI is InChI=1S/C16H22BrNO2/c17-14-6-4-13(5-7-14)15(12-2-1-3-12)18-8-16(9-19)10-20-11-16/h4-7,12,15,18-19H,1-3,8-11H2. The van der Waals surface area contributed by atoms with Gasteiger partial charge in [-0.1, -0.05) is 34.5 Å². The average Bonchev–Trinajstić information content (AvgIpc) is 2.35. The molecule has 110 valence electrons. The molecule has 1 unspecified atom stereocenters. The van der Waals surface area contributed by atoms with Gasteiger partial charge in [0.25, 0.3) is 0 Å². The fourth-order valence-electron chi connectivity index (χ4n) is 2.97. The van der Waals surface area contributed by atoms with Crippen LogP contribution < -0.4 is 5.32 Å². The normalized spacial score (nSPS) is 22.9. The van der Waals surface area contributed by atoms with E-state index in [2.05, 4.69) is 45.5 Å². The molecule has 0 aromatic heterocycles. The van der Waals surface area contributed by atoms with Crippen molar-refractivity contribution in [1.82, 2.24) is 5.32 Å². The van der Waals surface area contributed by atoms with Gasteiger partial charge in [-0.15, -0.1) is 0 Å². The third kappa shape index (κ3) is 2.93. The van der Waals surface area contributed by atoms with E-state index in [9.17, 15) is 5.11 Å². The number of hydrogen-bond donors (Lipinski definition) is 2. The summed E-state index contributed by atoms with van der Waals surface area (Å²) in [5.41, 5.74) is 1.29. The lowest BCUT2D eigenvalue weighted by atomic mass is 9.76. The number of nitrogens with one attached hydrogen (secondary N) is 1. The number of halogens is 1. The van der Waals surface area contributed by atoms with E-state index in [0.29, 0.717) is 19.3 Å². The van der Waals surface area contributed by atoms with Crippen LogP contribution in [0.1, 0.15) is 30.9 Å². The second-order valence-corrected chi connectivity index (χ2v) is 7.17. The summed E-state index contributed by atoms with van der Waals surface area (Å²) in [5, 5.41) is 13.2. The van der Waals surface area contributed by atoms with Crippen LogP contribution in [-0.4, -0.2) is 31.5 Å². The van der Waals surface area contributed by atoms with Gasteiger partial charge < -0.3 is 15.2 Å². The smallest absolute Gasteiger partial charge is 0.0579 e. The first-order valence-corrected chi connectivity index (χ1v) is 8.19. The number of hydrogen-bond acceptors (Lipinski definition) is 3. The van der Waals surface area contributed by atoms with E-state index >= 15 is 0 Å². The Morgan fingerprint density at radius 3 is 2.45 bits per heavy atom. The number of aliphatic hydroxyl groups is 1. The zero-order valence-corrected chi connectivity index (χ0v) is 13.2. The Morgan fingerprint density at radius 2 is 2.00 bits per heavy atom. The molecule has 0 bridgehead atoms. The average molecular weight is 340 g/mol. The van der Waals surface area contributed by atoms with E-state index in [1.165, 1.54) is 24.8 Å². The van der Waals surface area contributed by atoms with Gasteiger partial charge in [0.2, 0.25) is 0 Å². The van der Waals surface area contributed by atoms with Gasteiger partial charge in [-0.05, 0) is 36.5 Å². The molecule has 1 aliphatic carbocycles. The molecule has 0 radical (unpaired) electrons. The minimum atomic E-state index is -0.0582. The van der Waals surface area contributed by atoms with Crippen LogP contribution in [0.4, 0.5) is 0 Å². The Kier molecular flexibility index (Phi) is 4.46. The van der Waals surface area contributed by atoms with Crippen LogP contribution in [0.3, 0.4) is 0 Å². The highest BCUT2D eigenvalue weighted by Crippen LogP contribution is 2.39. The first-order valence-electron chi connectivity index (χ1n) is 7.40. The Balaban J connectivity index is 1.68. The van der Waals surface area contributed by atoms with E-state index in [1.807, 2.05) is 0 Å². The van der Waals surface area contributed by atoms with Crippen molar-refractivity contribution in [2.75, 3.05) is 26.4 Å². The first kappa shape index (κ1) is 14.5. The largest absolute Gasteiger partial charge is 0.396 e. The number of benzene rings is 1. The van der Waals surface area contributed by atoms with Gasteiger partial charge >= 0.3 is 0 Å². The second-order valence-electron chi connectivity index (χ2n) is 6.25. The molecule has 3 rings (SSSR count). The lowest BCUT2D eigenvalue weighted by Crippen LogP contribution is -2.53. The molecule has 1 aromatic rings. The molecule has 4 heteroatoms. The van der Waals surface area contributed by atoms with Crippen molar-refractivity contribution in [2.45, 2.75) is 25.3 Å². The molecule has 2 aliphatic rings. The Hall–Kier alpha value is -0.420. The van der Waals surface area contributed by atoms with Crippen molar-refractivity contribution in [3.05, 3.63) is 34.3 Å². The van der Waals surface area contributed by atoms with Gasteiger partial charge in [-0.25, -0.2) is 0 Å². The van der Waals surface area contributed by atoms with Gasteiger partial charge in [-0.2, -0.15) is 0 Å². The maximum absolute atomic E-state index is 9.54. The summed E-state index contributed by atoms with van der Waals surface area (Å²) >= 11 is 3.49. The van der Waals surface area contributed by atoms with Crippen LogP contribution in [0.2, 0.25) is 0 Å². The van der Waals surface area contributed by atoms with Crippen molar-refractivity contribution in [1.29, 1.82) is 0 Å². The summed E-state index contributed by atoms with van der Waals surface area (Å²) in [4.78, 5) is 0. The van der Waals surface area contributed by atoms with Gasteiger partial charge in [-0.3, -0.25) is 0 Å². The minimum Gasteiger partial charge on any atom is -0.396 e. The molecule has 1 saturated carbocycles. The van der Waals surface area contributed by atoms with Crippen LogP contribution in [0.5, 0.6) is 0 Å². The van der Waals surface area contributed by atoms with Crippen molar-refractivity contribution < 1.29 is 9.84 Å². The maximum atomic E-state index is 9.54. The highest BCUT2D eigenvalue weighted by Gasteiger charge is 2.39. The summed E-state index contributed by atoms with van der Waals surface area (Å²) in [7, 11) is 0. The maximum Gasteiger partial charge on any atom is 0.0579 e. The highest BCUT2D eigenvalue weighted by atomic mass is 79.9. The molecule has 2 fully saturated rings. The van der Waals surface area contributed by atoms with E-state index in [1.54, 1.807) is 0 Å². The number of rotatable bonds is 6. The monoisotopic (exact) mass is 339 g/mol. The summed E-state index contributed by atoms with van der Waals surface area (Å²) in [6.07, 6.45) is 3.94. The highest BCUT2D eigenvalue weighted by molar-refractivity contribution is 9.10. The van der Waals surface area contributed by atoms with Crippen LogP contribution in [-0.2, 0) is 4.74 Å². The summed E-state index contributed by atoms with van der Waals surface area (Å²) in [6, 6.07) is 9.01. The topological polar surface area (TPSA) is 41.5 Å². The van der Waals surface area contributed by atoms with E-state index in [-0.39, 0.29) is 12.0 Å². The molecule has 2 N–H and O–H groups in total. The van der Waals surface area contributed by atoms with E-state index < -0.39 is 0 Å². The molecule has 1 aliphatic heterocycles. The molecule has 3 nitrogen and oxygen atoms in total. The minimum absolute atomic E-state index is 0.0582. The van der Waals surface area contributed by atoms with Crippen molar-refractivity contribution in [3.63, 3.8) is 0 Å². The SMILES string of the molecule is OCC1(CNC(c2ccc(Br)cc2)C2CCC2)COC1. The molecule has 0 spiro atoms. The van der Waals surface area contributed by atoms with Crippen LogP contribution in [0.15, 0.2) is 28.7 Å². The first-order chi connectivity index (χ1) is 9.72. The van der Waals surface area contributed by atoms with Crippen LogP contribution in [0.25, 0.3) is 0 Å². The van der Waals surface area contributed by atoms with E-state index in [0.717, 1.165) is 16.9 Å². The summed E-state index contributed by atoms with van der Waals surface area (Å²) in [6.45, 7) is 2.39. The van der Waals surface area contributed by atoms with Gasteiger partial charge in [0, 0.05) is 17.1 Å².